The molecule has 0 spiro atoms. The number of halogens is 1. The number of rotatable bonds is 3. The van der Waals surface area contributed by atoms with Gasteiger partial charge in [0.25, 0.3) is 0 Å². The molecule has 0 aliphatic heterocycles. The molecule has 0 aromatic heterocycles. The highest BCUT2D eigenvalue weighted by atomic mass is 35.5. The quantitative estimate of drug-likeness (QED) is 0.340. The van der Waals surface area contributed by atoms with Gasteiger partial charge < -0.3 is 16.3 Å². The SMILES string of the molecule is Cl.O.[N-]=[N+]=NC[C@@H](N)C(=O)O. The first-order chi connectivity index (χ1) is 4.18. The monoisotopic (exact) mass is 184 g/mol. The molecule has 0 fully saturated rings. The summed E-state index contributed by atoms with van der Waals surface area (Å²) < 4.78 is 0. The third-order valence-corrected chi connectivity index (χ3v) is 0.659. The molecule has 0 saturated carbocycles. The first-order valence-electron chi connectivity index (χ1n) is 2.17. The van der Waals surface area contributed by atoms with Gasteiger partial charge in [0, 0.05) is 4.91 Å². The molecule has 0 heterocycles. The van der Waals surface area contributed by atoms with Gasteiger partial charge >= 0.3 is 5.97 Å². The number of hydrogen-bond acceptors (Lipinski definition) is 3. The fourth-order valence-electron chi connectivity index (χ4n) is 0.203. The van der Waals surface area contributed by atoms with E-state index in [9.17, 15) is 4.79 Å². The van der Waals surface area contributed by atoms with E-state index in [4.69, 9.17) is 16.4 Å². The van der Waals surface area contributed by atoms with Crippen molar-refractivity contribution in [2.24, 2.45) is 10.8 Å². The first-order valence-corrected chi connectivity index (χ1v) is 2.17. The Bertz CT molecular complexity index is 157. The number of nitrogens with two attached hydrogens (primary N) is 1. The van der Waals surface area contributed by atoms with Crippen molar-refractivity contribution < 1.29 is 15.4 Å². The minimum atomic E-state index is -1.16. The van der Waals surface area contributed by atoms with E-state index in [0.29, 0.717) is 0 Å². The molecule has 66 valence electrons. The molecule has 1 atom stereocenters. The lowest BCUT2D eigenvalue weighted by Gasteiger charge is -1.97. The zero-order valence-corrected chi connectivity index (χ0v) is 6.28. The lowest BCUT2D eigenvalue weighted by Crippen LogP contribution is -2.32. The molecule has 0 aromatic rings. The lowest BCUT2D eigenvalue weighted by atomic mass is 10.3. The second-order valence-corrected chi connectivity index (χ2v) is 1.36. The number of azide groups is 1. The van der Waals surface area contributed by atoms with Crippen LogP contribution in [0.15, 0.2) is 5.11 Å². The van der Waals surface area contributed by atoms with E-state index in [1.807, 2.05) is 0 Å². The van der Waals surface area contributed by atoms with Crippen LogP contribution in [-0.4, -0.2) is 29.1 Å². The summed E-state index contributed by atoms with van der Waals surface area (Å²) in [6, 6.07) is -1.08. The Morgan fingerprint density at radius 2 is 2.27 bits per heavy atom. The molecular formula is C3H9ClN4O3. The number of hydrogen-bond donors (Lipinski definition) is 2. The third-order valence-electron chi connectivity index (χ3n) is 0.659. The minimum absolute atomic E-state index is 0. The Balaban J connectivity index is -0.000000320. The summed E-state index contributed by atoms with van der Waals surface area (Å²) >= 11 is 0. The van der Waals surface area contributed by atoms with Crippen LogP contribution in [0, 0.1) is 0 Å². The number of carbonyl (C=O) groups is 1. The molecule has 0 unspecified atom stereocenters. The summed E-state index contributed by atoms with van der Waals surface area (Å²) in [5, 5.41) is 11.1. The average Bonchev–Trinajstić information content (AvgIpc) is 1.82. The number of aliphatic carboxylic acids is 1. The Kier molecular flexibility index (Phi) is 13.5. The van der Waals surface area contributed by atoms with Crippen molar-refractivity contribution >= 4 is 18.4 Å². The average molecular weight is 185 g/mol. The van der Waals surface area contributed by atoms with Crippen LogP contribution in [0.1, 0.15) is 0 Å². The summed E-state index contributed by atoms with van der Waals surface area (Å²) in [5.41, 5.74) is 12.6. The van der Waals surface area contributed by atoms with Crippen LogP contribution in [0.3, 0.4) is 0 Å². The van der Waals surface area contributed by atoms with E-state index in [1.54, 1.807) is 0 Å². The summed E-state index contributed by atoms with van der Waals surface area (Å²) in [5.74, 6) is -1.16. The van der Waals surface area contributed by atoms with Crippen molar-refractivity contribution in [2.45, 2.75) is 6.04 Å². The van der Waals surface area contributed by atoms with E-state index < -0.39 is 12.0 Å². The molecule has 5 N–H and O–H groups in total. The van der Waals surface area contributed by atoms with Gasteiger partial charge in [-0.3, -0.25) is 4.79 Å². The maximum atomic E-state index is 9.90. The van der Waals surface area contributed by atoms with Crippen molar-refractivity contribution in [3.05, 3.63) is 10.4 Å². The molecular weight excluding hydrogens is 176 g/mol. The van der Waals surface area contributed by atoms with Gasteiger partial charge in [0.05, 0.1) is 6.54 Å². The van der Waals surface area contributed by atoms with E-state index in [-0.39, 0.29) is 24.4 Å². The summed E-state index contributed by atoms with van der Waals surface area (Å²) in [7, 11) is 0. The zero-order chi connectivity index (χ0) is 7.28. The van der Waals surface area contributed by atoms with Gasteiger partial charge in [0.2, 0.25) is 0 Å². The van der Waals surface area contributed by atoms with Crippen LogP contribution in [-0.2, 0) is 4.79 Å². The standard InChI is InChI=1S/C3H6N4O2.ClH.H2O/c4-2(3(8)9)1-6-7-5;;/h2H,1,4H2,(H,8,9);1H;1H2/t2-;;/m1../s1. The molecule has 0 aliphatic rings. The third kappa shape index (κ3) is 8.99. The predicted octanol–water partition coefficient (Wildman–Crippen LogP) is -0.694. The van der Waals surface area contributed by atoms with E-state index >= 15 is 0 Å². The Hall–Kier alpha value is -1.01. The molecule has 8 heteroatoms. The molecule has 7 nitrogen and oxygen atoms in total. The Morgan fingerprint density at radius 3 is 2.55 bits per heavy atom. The van der Waals surface area contributed by atoms with Crippen LogP contribution < -0.4 is 5.73 Å². The van der Waals surface area contributed by atoms with Crippen molar-refractivity contribution in [2.75, 3.05) is 6.54 Å². The molecule has 0 rings (SSSR count). The normalized spacial score (nSPS) is 9.55. The van der Waals surface area contributed by atoms with Gasteiger partial charge in [-0.1, -0.05) is 5.11 Å². The highest BCUT2D eigenvalue weighted by Crippen LogP contribution is 1.79. The maximum Gasteiger partial charge on any atom is 0.320 e. The van der Waals surface area contributed by atoms with Gasteiger partial charge in [-0.05, 0) is 5.53 Å². The topological polar surface area (TPSA) is 144 Å². The van der Waals surface area contributed by atoms with Crippen molar-refractivity contribution in [3.8, 4) is 0 Å². The van der Waals surface area contributed by atoms with Crippen LogP contribution in [0.4, 0.5) is 0 Å². The minimum Gasteiger partial charge on any atom is -0.480 e. The van der Waals surface area contributed by atoms with Crippen molar-refractivity contribution in [1.29, 1.82) is 0 Å². The molecule has 0 amide bonds. The summed E-state index contributed by atoms with van der Waals surface area (Å²) in [6.07, 6.45) is 0. The van der Waals surface area contributed by atoms with E-state index in [0.717, 1.165) is 0 Å². The molecule has 0 saturated heterocycles. The fraction of sp³-hybridized carbons (Fsp3) is 0.667. The predicted molar refractivity (Wildman–Crippen MR) is 40.5 cm³/mol. The van der Waals surface area contributed by atoms with Crippen LogP contribution >= 0.6 is 12.4 Å². The van der Waals surface area contributed by atoms with E-state index in [1.165, 1.54) is 0 Å². The Morgan fingerprint density at radius 1 is 1.82 bits per heavy atom. The highest BCUT2D eigenvalue weighted by Gasteiger charge is 2.07. The smallest absolute Gasteiger partial charge is 0.320 e. The number of carboxylic acid groups (broad SMARTS) is 1. The zero-order valence-electron chi connectivity index (χ0n) is 5.47. The van der Waals surface area contributed by atoms with Gasteiger partial charge in [0.15, 0.2) is 0 Å². The second-order valence-electron chi connectivity index (χ2n) is 1.36. The lowest BCUT2D eigenvalue weighted by molar-refractivity contribution is -0.138. The van der Waals surface area contributed by atoms with Gasteiger partial charge in [-0.15, -0.1) is 12.4 Å². The van der Waals surface area contributed by atoms with Gasteiger partial charge in [-0.2, -0.15) is 0 Å². The van der Waals surface area contributed by atoms with Crippen molar-refractivity contribution in [3.63, 3.8) is 0 Å². The highest BCUT2D eigenvalue weighted by molar-refractivity contribution is 5.85. The number of carboxylic acids is 1. The molecule has 0 aromatic carbocycles. The van der Waals surface area contributed by atoms with Crippen LogP contribution in [0.25, 0.3) is 10.4 Å². The Labute approximate surface area is 68.5 Å². The van der Waals surface area contributed by atoms with Crippen LogP contribution in [0.2, 0.25) is 0 Å². The van der Waals surface area contributed by atoms with Gasteiger partial charge in [0.1, 0.15) is 6.04 Å². The molecule has 0 radical (unpaired) electrons. The molecule has 0 aliphatic carbocycles. The van der Waals surface area contributed by atoms with Crippen molar-refractivity contribution in [1.82, 2.24) is 0 Å². The first kappa shape index (κ1) is 16.5. The summed E-state index contributed by atoms with van der Waals surface area (Å²) in [4.78, 5) is 12.2. The molecule has 11 heavy (non-hydrogen) atoms. The van der Waals surface area contributed by atoms with E-state index in [2.05, 4.69) is 10.0 Å². The molecule has 0 bridgehead atoms. The largest absolute Gasteiger partial charge is 0.480 e. The maximum absolute atomic E-state index is 9.90. The number of nitrogens with zero attached hydrogens (tertiary/aromatic N) is 3. The van der Waals surface area contributed by atoms with Gasteiger partial charge in [-0.25, -0.2) is 0 Å². The summed E-state index contributed by atoms with van der Waals surface area (Å²) in [6.45, 7) is -0.203. The van der Waals surface area contributed by atoms with Crippen LogP contribution in [0.5, 0.6) is 0 Å². The second kappa shape index (κ2) is 8.99. The fourth-order valence-corrected chi connectivity index (χ4v) is 0.203.